The van der Waals surface area contributed by atoms with Gasteiger partial charge in [0.1, 0.15) is 0 Å². The van der Waals surface area contributed by atoms with Gasteiger partial charge in [-0.05, 0) is 36.6 Å². The first kappa shape index (κ1) is 12.8. The molecule has 0 saturated heterocycles. The molecule has 0 N–H and O–H groups in total. The summed E-state index contributed by atoms with van der Waals surface area (Å²) in [5.41, 5.74) is 1.09. The Hall–Kier alpha value is -0.200. The molecule has 0 heterocycles. The molecular formula is C11H16Cl2. The van der Waals surface area contributed by atoms with E-state index in [-0.39, 0.29) is 0 Å². The molecule has 0 unspecified atom stereocenters. The van der Waals surface area contributed by atoms with Crippen LogP contribution in [0.5, 0.6) is 0 Å². The van der Waals surface area contributed by atoms with Crippen LogP contribution in [0.4, 0.5) is 0 Å². The highest BCUT2D eigenvalue weighted by molar-refractivity contribution is 6.34. The Morgan fingerprint density at radius 1 is 0.923 bits per heavy atom. The minimum Gasteiger partial charge on any atom is -0.0843 e. The molecule has 0 amide bonds. The molecule has 1 aromatic rings. The number of halogens is 2. The van der Waals surface area contributed by atoms with E-state index in [0.29, 0.717) is 10.0 Å². The van der Waals surface area contributed by atoms with Crippen LogP contribution in [0.3, 0.4) is 0 Å². The first-order valence-electron chi connectivity index (χ1n) is 4.34. The van der Waals surface area contributed by atoms with Gasteiger partial charge in [0.05, 0.1) is 0 Å². The Bertz CT molecular complexity index is 201. The van der Waals surface area contributed by atoms with Gasteiger partial charge >= 0.3 is 0 Å². The van der Waals surface area contributed by atoms with Crippen LogP contribution in [0.25, 0.3) is 0 Å². The fourth-order valence-electron chi connectivity index (χ4n) is 0.692. The van der Waals surface area contributed by atoms with E-state index < -0.39 is 0 Å². The summed E-state index contributed by atoms with van der Waals surface area (Å²) in [5.74, 6) is 0.833. The first-order chi connectivity index (χ1) is 5.91. The summed E-state index contributed by atoms with van der Waals surface area (Å²) in [6.45, 7) is 8.46. The molecule has 0 aliphatic carbocycles. The molecule has 0 nitrogen and oxygen atoms in total. The van der Waals surface area contributed by atoms with E-state index in [0.717, 1.165) is 11.5 Å². The number of hydrogen-bond donors (Lipinski definition) is 0. The normalized spacial score (nSPS) is 9.46. The molecule has 2 heteroatoms. The Morgan fingerprint density at radius 2 is 1.23 bits per heavy atom. The fourth-order valence-corrected chi connectivity index (χ4v) is 1.33. The average molecular weight is 219 g/mol. The maximum absolute atomic E-state index is 5.67. The maximum Gasteiger partial charge on any atom is 0.0423 e. The molecule has 0 saturated carbocycles. The fraction of sp³-hybridized carbons (Fsp3) is 0.455. The van der Waals surface area contributed by atoms with Crippen molar-refractivity contribution in [2.45, 2.75) is 27.7 Å². The Morgan fingerprint density at radius 3 is 1.46 bits per heavy atom. The van der Waals surface area contributed by atoms with Crippen LogP contribution >= 0.6 is 23.2 Å². The van der Waals surface area contributed by atoms with E-state index in [2.05, 4.69) is 20.8 Å². The lowest BCUT2D eigenvalue weighted by atomic mass is 10.2. The molecule has 0 bridgehead atoms. The minimum absolute atomic E-state index is 0.694. The molecule has 1 aromatic carbocycles. The van der Waals surface area contributed by atoms with Gasteiger partial charge in [-0.2, -0.15) is 0 Å². The van der Waals surface area contributed by atoms with E-state index in [1.807, 2.05) is 19.1 Å². The summed E-state index contributed by atoms with van der Waals surface area (Å²) in [4.78, 5) is 0. The van der Waals surface area contributed by atoms with Gasteiger partial charge in [0.15, 0.2) is 0 Å². The summed E-state index contributed by atoms with van der Waals surface area (Å²) in [7, 11) is 0. The highest BCUT2D eigenvalue weighted by atomic mass is 35.5. The molecule has 74 valence electrons. The third-order valence-electron chi connectivity index (χ3n) is 1.01. The van der Waals surface area contributed by atoms with Gasteiger partial charge in [-0.3, -0.25) is 0 Å². The molecule has 0 radical (unpaired) electrons. The SMILES string of the molecule is CC(C)C.Cc1cc(Cl)cc(Cl)c1. The molecule has 0 aliphatic heterocycles. The van der Waals surface area contributed by atoms with Crippen molar-refractivity contribution in [3.05, 3.63) is 33.8 Å². The second kappa shape index (κ2) is 6.28. The third kappa shape index (κ3) is 8.14. The average Bonchev–Trinajstić information content (AvgIpc) is 1.80. The predicted molar refractivity (Wildman–Crippen MR) is 61.7 cm³/mol. The van der Waals surface area contributed by atoms with E-state index in [1.54, 1.807) is 6.07 Å². The lowest BCUT2D eigenvalue weighted by Crippen LogP contribution is -1.70. The zero-order valence-electron chi connectivity index (χ0n) is 8.57. The van der Waals surface area contributed by atoms with Gasteiger partial charge < -0.3 is 0 Å². The third-order valence-corrected chi connectivity index (χ3v) is 1.44. The second-order valence-electron chi connectivity index (χ2n) is 3.68. The Kier molecular flexibility index (Phi) is 6.19. The van der Waals surface area contributed by atoms with Crippen molar-refractivity contribution < 1.29 is 0 Å². The van der Waals surface area contributed by atoms with Crippen LogP contribution in [-0.2, 0) is 0 Å². The van der Waals surface area contributed by atoms with Crippen molar-refractivity contribution in [2.24, 2.45) is 5.92 Å². The molecule has 0 aromatic heterocycles. The number of benzene rings is 1. The number of rotatable bonds is 0. The van der Waals surface area contributed by atoms with Crippen molar-refractivity contribution in [3.8, 4) is 0 Å². The smallest absolute Gasteiger partial charge is 0.0423 e. The highest BCUT2D eigenvalue weighted by Crippen LogP contribution is 2.17. The second-order valence-corrected chi connectivity index (χ2v) is 4.55. The zero-order valence-corrected chi connectivity index (χ0v) is 10.1. The first-order valence-corrected chi connectivity index (χ1v) is 5.10. The Balaban J connectivity index is 0.000000310. The van der Waals surface area contributed by atoms with Gasteiger partial charge in [-0.1, -0.05) is 44.0 Å². The molecule has 13 heavy (non-hydrogen) atoms. The molecule has 0 fully saturated rings. The van der Waals surface area contributed by atoms with Crippen LogP contribution in [0.15, 0.2) is 18.2 Å². The highest BCUT2D eigenvalue weighted by Gasteiger charge is 1.91. The summed E-state index contributed by atoms with van der Waals surface area (Å²) in [6.07, 6.45) is 0. The monoisotopic (exact) mass is 218 g/mol. The minimum atomic E-state index is 0.694. The van der Waals surface area contributed by atoms with E-state index >= 15 is 0 Å². The van der Waals surface area contributed by atoms with Crippen LogP contribution in [-0.4, -0.2) is 0 Å². The molecule has 0 spiro atoms. The van der Waals surface area contributed by atoms with Crippen LogP contribution in [0.2, 0.25) is 10.0 Å². The lowest BCUT2D eigenvalue weighted by molar-refractivity contribution is 0.737. The van der Waals surface area contributed by atoms with E-state index in [4.69, 9.17) is 23.2 Å². The number of aryl methyl sites for hydroxylation is 1. The summed E-state index contributed by atoms with van der Waals surface area (Å²) in [6, 6.07) is 5.46. The topological polar surface area (TPSA) is 0 Å². The predicted octanol–water partition coefficient (Wildman–Crippen LogP) is 4.96. The molecule has 1 rings (SSSR count). The van der Waals surface area contributed by atoms with Crippen LogP contribution < -0.4 is 0 Å². The lowest BCUT2D eigenvalue weighted by Gasteiger charge is -1.93. The quantitative estimate of drug-likeness (QED) is 0.578. The molecule has 0 atom stereocenters. The maximum atomic E-state index is 5.67. The van der Waals surface area contributed by atoms with Gasteiger partial charge in [0.2, 0.25) is 0 Å². The largest absolute Gasteiger partial charge is 0.0843 e. The summed E-state index contributed by atoms with van der Waals surface area (Å²) >= 11 is 11.3. The van der Waals surface area contributed by atoms with Gasteiger partial charge in [0, 0.05) is 10.0 Å². The van der Waals surface area contributed by atoms with E-state index in [1.165, 1.54) is 0 Å². The number of hydrogen-bond acceptors (Lipinski definition) is 0. The standard InChI is InChI=1S/C7H6Cl2.C4H10/c1-5-2-6(8)4-7(9)3-5;1-4(2)3/h2-4H,1H3;4H,1-3H3. The van der Waals surface area contributed by atoms with Gasteiger partial charge in [-0.25, -0.2) is 0 Å². The zero-order chi connectivity index (χ0) is 10.4. The van der Waals surface area contributed by atoms with Gasteiger partial charge in [-0.15, -0.1) is 0 Å². The van der Waals surface area contributed by atoms with Crippen molar-refractivity contribution in [3.63, 3.8) is 0 Å². The molecular weight excluding hydrogens is 203 g/mol. The summed E-state index contributed by atoms with van der Waals surface area (Å²) in [5, 5.41) is 1.39. The van der Waals surface area contributed by atoms with Crippen molar-refractivity contribution >= 4 is 23.2 Å². The Labute approximate surface area is 90.9 Å². The van der Waals surface area contributed by atoms with Crippen molar-refractivity contribution in [1.82, 2.24) is 0 Å². The van der Waals surface area contributed by atoms with Crippen LogP contribution in [0, 0.1) is 12.8 Å². The van der Waals surface area contributed by atoms with E-state index in [9.17, 15) is 0 Å². The summed E-state index contributed by atoms with van der Waals surface area (Å²) < 4.78 is 0. The van der Waals surface area contributed by atoms with Gasteiger partial charge in [0.25, 0.3) is 0 Å². The van der Waals surface area contributed by atoms with Crippen molar-refractivity contribution in [1.29, 1.82) is 0 Å². The molecule has 0 aliphatic rings. The van der Waals surface area contributed by atoms with Crippen LogP contribution in [0.1, 0.15) is 26.3 Å². The van der Waals surface area contributed by atoms with Crippen molar-refractivity contribution in [2.75, 3.05) is 0 Å².